The van der Waals surface area contributed by atoms with E-state index in [1.165, 1.54) is 0 Å². The molecule has 2 aliphatic rings. The van der Waals surface area contributed by atoms with Gasteiger partial charge in [-0.2, -0.15) is 0 Å². The number of H-pyrrole nitrogens is 2. The lowest BCUT2D eigenvalue weighted by molar-refractivity contribution is 0.0696. The van der Waals surface area contributed by atoms with Crippen molar-refractivity contribution >= 4 is 34.7 Å². The molecular weight excluding hydrogens is 1040 g/mol. The maximum absolute atomic E-state index is 13.7. The van der Waals surface area contributed by atoms with Crippen LogP contribution in [0, 0.1) is 13.8 Å². The lowest BCUT2D eigenvalue weighted by Crippen LogP contribution is -2.39. The summed E-state index contributed by atoms with van der Waals surface area (Å²) in [5.74, 6) is -0.994. The number of aliphatic hydroxyl groups is 1. The number of nitrogens with zero attached hydrogens (tertiary/aromatic N) is 2. The lowest BCUT2D eigenvalue weighted by Gasteiger charge is -2.35. The van der Waals surface area contributed by atoms with E-state index in [1.807, 2.05) is 74.5 Å². The predicted octanol–water partition coefficient (Wildman–Crippen LogP) is 13.2. The Hall–Kier alpha value is -7.26. The summed E-state index contributed by atoms with van der Waals surface area (Å²) in [4.78, 5) is 87.1. The molecule has 6 aromatic rings. The van der Waals surface area contributed by atoms with Crippen molar-refractivity contribution in [3.63, 3.8) is 0 Å². The van der Waals surface area contributed by atoms with Crippen LogP contribution in [-0.2, 0) is 35.2 Å². The Labute approximate surface area is 491 Å². The molecule has 0 radical (unpaired) electrons. The van der Waals surface area contributed by atoms with Gasteiger partial charge < -0.3 is 39.5 Å². The molecule has 83 heavy (non-hydrogen) atoms. The van der Waals surface area contributed by atoms with Gasteiger partial charge in [-0.15, -0.1) is 0 Å². The van der Waals surface area contributed by atoms with Crippen LogP contribution in [0.15, 0.2) is 107 Å². The standard InChI is InChI=1S/C35H44N2O5.C32H38N2O5.2CH4/c1-4-7-27-20-24(3)36-35(41)32(27)13-14-34(40)29-21-28(25-9-11-26(12-10-25)33(39)8-6-17-38)22-31(23-29)37(5-2)30-15-18-42-19-16-30;1-4-6-24-17-21(3)33-31(36)29(24)11-12-30(35)26-18-25(22-7-9-23(10-8-22)32(37)38)19-28(20-26)34(5-2)27-13-15-39-16-14-27;;/h9-12,20-23,30,38H,4-8,13-19H2,1-3H3,(H,36,41);7-10,17-20,27H,4-6,11-16H2,1-3H3,(H,33,36)(H,37,38);2*1H4. The number of rotatable bonds is 25. The molecule has 8 rings (SSSR count). The van der Waals surface area contributed by atoms with Crippen LogP contribution in [0.4, 0.5) is 11.4 Å². The number of aliphatic hydroxyl groups excluding tert-OH is 1. The Balaban J connectivity index is 0.000000298. The number of carboxylic acids is 1. The summed E-state index contributed by atoms with van der Waals surface area (Å²) in [6.07, 6.45) is 9.18. The molecule has 4 N–H and O–H groups in total. The molecule has 0 aliphatic carbocycles. The van der Waals surface area contributed by atoms with E-state index in [-0.39, 0.29) is 68.3 Å². The Morgan fingerprint density at radius 2 is 0.892 bits per heavy atom. The molecule has 14 heteroatoms. The molecule has 0 atom stereocenters. The van der Waals surface area contributed by atoms with Crippen LogP contribution in [-0.4, -0.2) is 102 Å². The Kier molecular flexibility index (Phi) is 26.1. The van der Waals surface area contributed by atoms with Crippen molar-refractivity contribution in [2.75, 3.05) is 55.9 Å². The molecule has 0 amide bonds. The topological polar surface area (TPSA) is 199 Å². The number of aromatic carboxylic acids is 1. The average Bonchev–Trinajstić information content (AvgIpc) is 3.66. The van der Waals surface area contributed by atoms with Crippen LogP contribution in [0.1, 0.15) is 182 Å². The summed E-state index contributed by atoms with van der Waals surface area (Å²) < 4.78 is 11.2. The van der Waals surface area contributed by atoms with Gasteiger partial charge in [-0.25, -0.2) is 4.79 Å². The van der Waals surface area contributed by atoms with Gasteiger partial charge in [0.15, 0.2) is 17.3 Å². The van der Waals surface area contributed by atoms with Crippen LogP contribution >= 0.6 is 0 Å². The zero-order valence-corrected chi connectivity index (χ0v) is 48.3. The fourth-order valence-electron chi connectivity index (χ4n) is 11.4. The number of aromatic amines is 2. The molecule has 2 aromatic heterocycles. The number of hydrogen-bond acceptors (Lipinski definition) is 11. The van der Waals surface area contributed by atoms with E-state index in [9.17, 15) is 33.9 Å². The van der Waals surface area contributed by atoms with Crippen molar-refractivity contribution in [3.8, 4) is 22.3 Å². The maximum atomic E-state index is 13.7. The SMILES string of the molecule is C.C.CCCc1cc(C)[nH]c(=O)c1CCC(=O)c1cc(-c2ccc(C(=O)CCCO)cc2)cc(N(CC)C2CCOCC2)c1.CCCc1cc(C)[nH]c(=O)c1CCC(=O)c1cc(-c2ccc(C(=O)O)cc2)cc(N(CC)C2CCOCC2)c1. The summed E-state index contributed by atoms with van der Waals surface area (Å²) in [6.45, 7) is 16.7. The number of benzene rings is 4. The summed E-state index contributed by atoms with van der Waals surface area (Å²) in [5.41, 5.74) is 12.4. The largest absolute Gasteiger partial charge is 0.478 e. The number of carbonyl (C=O) groups excluding carboxylic acids is 3. The first-order valence-corrected chi connectivity index (χ1v) is 29.2. The van der Waals surface area contributed by atoms with Crippen LogP contribution in [0.2, 0.25) is 0 Å². The molecule has 0 unspecified atom stereocenters. The smallest absolute Gasteiger partial charge is 0.335 e. The summed E-state index contributed by atoms with van der Waals surface area (Å²) in [6, 6.07) is 30.9. The molecule has 446 valence electrons. The van der Waals surface area contributed by atoms with E-state index in [1.54, 1.807) is 24.3 Å². The second-order valence-corrected chi connectivity index (χ2v) is 21.4. The number of aromatic nitrogens is 2. The number of Topliss-reactive ketones (excluding diaryl/α,β-unsaturated/α-hetero) is 3. The van der Waals surface area contributed by atoms with E-state index in [0.29, 0.717) is 78.8 Å². The number of carboxylic acid groups (broad SMARTS) is 1. The number of ketones is 3. The van der Waals surface area contributed by atoms with E-state index in [4.69, 9.17) is 14.6 Å². The molecule has 2 fully saturated rings. The fraction of sp³-hybridized carbons (Fsp3) is 0.449. The highest BCUT2D eigenvalue weighted by Gasteiger charge is 2.25. The molecule has 0 spiro atoms. The van der Waals surface area contributed by atoms with E-state index in [2.05, 4.69) is 59.6 Å². The van der Waals surface area contributed by atoms with Gasteiger partial charge in [0.1, 0.15) is 0 Å². The zero-order chi connectivity index (χ0) is 58.0. The Bertz CT molecular complexity index is 3220. The van der Waals surface area contributed by atoms with E-state index >= 15 is 0 Å². The minimum atomic E-state index is -0.976. The van der Waals surface area contributed by atoms with Crippen molar-refractivity contribution in [2.45, 2.75) is 158 Å². The number of nitrogens with one attached hydrogen (secondary N) is 2. The third-order valence-corrected chi connectivity index (χ3v) is 15.6. The third-order valence-electron chi connectivity index (χ3n) is 15.6. The molecule has 2 aliphatic heterocycles. The van der Waals surface area contributed by atoms with Crippen molar-refractivity contribution in [1.82, 2.24) is 9.97 Å². The summed E-state index contributed by atoms with van der Waals surface area (Å²) in [5, 5.41) is 18.4. The first kappa shape index (κ1) is 66.5. The van der Waals surface area contributed by atoms with Crippen LogP contribution in [0.5, 0.6) is 0 Å². The molecule has 4 aromatic carbocycles. The Morgan fingerprint density at radius 1 is 0.506 bits per heavy atom. The number of hydrogen-bond donors (Lipinski definition) is 4. The number of aryl methyl sites for hydroxylation is 4. The van der Waals surface area contributed by atoms with Crippen LogP contribution in [0.3, 0.4) is 0 Å². The van der Waals surface area contributed by atoms with Crippen LogP contribution in [0.25, 0.3) is 22.3 Å². The van der Waals surface area contributed by atoms with Crippen molar-refractivity contribution in [3.05, 3.63) is 174 Å². The van der Waals surface area contributed by atoms with Gasteiger partial charge in [-0.3, -0.25) is 24.0 Å². The normalized spacial score (nSPS) is 13.4. The summed E-state index contributed by atoms with van der Waals surface area (Å²) >= 11 is 0. The van der Waals surface area contributed by atoms with Gasteiger partial charge in [-0.1, -0.05) is 77.9 Å². The number of carbonyl (C=O) groups is 4. The van der Waals surface area contributed by atoms with Gasteiger partial charge in [0.25, 0.3) is 11.1 Å². The second-order valence-electron chi connectivity index (χ2n) is 21.4. The number of anilines is 2. The molecule has 0 bridgehead atoms. The average molecular weight is 1140 g/mol. The highest BCUT2D eigenvalue weighted by atomic mass is 16.5. The molecule has 2 saturated heterocycles. The minimum Gasteiger partial charge on any atom is -0.478 e. The highest BCUT2D eigenvalue weighted by molar-refractivity contribution is 6.00. The van der Waals surface area contributed by atoms with E-state index < -0.39 is 5.97 Å². The van der Waals surface area contributed by atoms with Crippen molar-refractivity contribution in [2.24, 2.45) is 0 Å². The number of pyridine rings is 2. The first-order chi connectivity index (χ1) is 39.1. The number of ether oxygens (including phenoxy) is 2. The predicted molar refractivity (Wildman–Crippen MR) is 335 cm³/mol. The lowest BCUT2D eigenvalue weighted by atomic mass is 9.94. The van der Waals surface area contributed by atoms with Gasteiger partial charge in [0.2, 0.25) is 0 Å². The second kappa shape index (κ2) is 32.5. The van der Waals surface area contributed by atoms with Gasteiger partial charge in [0.05, 0.1) is 5.56 Å². The van der Waals surface area contributed by atoms with Crippen molar-refractivity contribution < 1.29 is 38.9 Å². The fourth-order valence-corrected chi connectivity index (χ4v) is 11.4. The minimum absolute atomic E-state index is 0. The third kappa shape index (κ3) is 17.9. The van der Waals surface area contributed by atoms with Crippen LogP contribution < -0.4 is 20.9 Å². The van der Waals surface area contributed by atoms with Gasteiger partial charge in [0, 0.05) is 128 Å². The first-order valence-electron chi connectivity index (χ1n) is 29.2. The zero-order valence-electron chi connectivity index (χ0n) is 48.3. The molecule has 4 heterocycles. The van der Waals surface area contributed by atoms with Gasteiger partial charge >= 0.3 is 5.97 Å². The molecular formula is C69H90N4O10. The van der Waals surface area contributed by atoms with Gasteiger partial charge in [-0.05, 0) is 180 Å². The Morgan fingerprint density at radius 3 is 1.25 bits per heavy atom. The van der Waals surface area contributed by atoms with Crippen molar-refractivity contribution in [1.29, 1.82) is 0 Å². The maximum Gasteiger partial charge on any atom is 0.335 e. The molecule has 14 nitrogen and oxygen atoms in total. The quantitative estimate of drug-likeness (QED) is 0.0396. The van der Waals surface area contributed by atoms with E-state index in [0.717, 1.165) is 134 Å². The molecule has 0 saturated carbocycles. The monoisotopic (exact) mass is 1130 g/mol. The summed E-state index contributed by atoms with van der Waals surface area (Å²) in [7, 11) is 0. The highest BCUT2D eigenvalue weighted by Crippen LogP contribution is 2.33.